The van der Waals surface area contributed by atoms with Crippen LogP contribution in [0.4, 0.5) is 5.82 Å². The summed E-state index contributed by atoms with van der Waals surface area (Å²) < 4.78 is 21.2. The minimum atomic E-state index is -0.791. The lowest BCUT2D eigenvalue weighted by molar-refractivity contribution is -0.122. The number of ether oxygens (including phenoxy) is 3. The van der Waals surface area contributed by atoms with Gasteiger partial charge in [-0.05, 0) is 60.6 Å². The number of nitrogens with one attached hydrogen (secondary N) is 1. The molecular weight excluding hydrogens is 362 g/mol. The Kier molecular flexibility index (Phi) is 6.11. The first-order valence-corrected chi connectivity index (χ1v) is 8.78. The molecule has 0 saturated heterocycles. The van der Waals surface area contributed by atoms with Crippen LogP contribution in [0.5, 0.6) is 17.2 Å². The lowest BCUT2D eigenvalue weighted by atomic mass is 10.1. The van der Waals surface area contributed by atoms with Crippen molar-refractivity contribution in [2.24, 2.45) is 0 Å². The highest BCUT2D eigenvalue weighted by molar-refractivity contribution is 5.96. The van der Waals surface area contributed by atoms with Gasteiger partial charge in [0.25, 0.3) is 5.91 Å². The number of benzene rings is 2. The summed E-state index contributed by atoms with van der Waals surface area (Å²) in [6, 6.07) is 14.4. The van der Waals surface area contributed by atoms with Crippen molar-refractivity contribution in [3.8, 4) is 28.5 Å². The van der Waals surface area contributed by atoms with E-state index < -0.39 is 12.0 Å². The Hall–Kier alpha value is -3.55. The molecule has 146 valence electrons. The smallest absolute Gasteiger partial charge is 0.266 e. The third-order valence-corrected chi connectivity index (χ3v) is 3.91. The molecule has 1 N–H and O–H groups in total. The number of anilines is 1. The Balaban J connectivity index is 1.70. The molecule has 3 aromatic rings. The average molecular weight is 383 g/mol. The molecule has 8 heteroatoms. The van der Waals surface area contributed by atoms with E-state index in [0.717, 1.165) is 11.3 Å². The number of amides is 1. The van der Waals surface area contributed by atoms with Gasteiger partial charge in [-0.15, -0.1) is 0 Å². The van der Waals surface area contributed by atoms with Crippen molar-refractivity contribution in [2.45, 2.75) is 20.0 Å². The number of carbonyl (C=O) groups excluding carboxylic acids is 1. The van der Waals surface area contributed by atoms with Crippen molar-refractivity contribution in [1.29, 1.82) is 0 Å². The first-order chi connectivity index (χ1) is 13.6. The van der Waals surface area contributed by atoms with Crippen LogP contribution in [0.1, 0.15) is 13.8 Å². The van der Waals surface area contributed by atoms with E-state index in [1.54, 1.807) is 25.1 Å². The second-order valence-electron chi connectivity index (χ2n) is 5.82. The molecule has 8 nitrogen and oxygen atoms in total. The summed E-state index contributed by atoms with van der Waals surface area (Å²) in [6.45, 7) is 4.12. The zero-order valence-corrected chi connectivity index (χ0v) is 15.8. The van der Waals surface area contributed by atoms with Crippen LogP contribution >= 0.6 is 0 Å². The van der Waals surface area contributed by atoms with Gasteiger partial charge in [-0.2, -0.15) is 0 Å². The molecular formula is C20H21N3O5. The quantitative estimate of drug-likeness (QED) is 0.635. The molecule has 0 spiro atoms. The van der Waals surface area contributed by atoms with Crippen LogP contribution in [-0.4, -0.2) is 36.0 Å². The number of hydrogen-bond donors (Lipinski definition) is 1. The van der Waals surface area contributed by atoms with Crippen molar-refractivity contribution < 1.29 is 23.6 Å². The van der Waals surface area contributed by atoms with Gasteiger partial charge in [0.1, 0.15) is 5.75 Å². The second kappa shape index (κ2) is 8.90. The molecule has 1 atom stereocenters. The second-order valence-corrected chi connectivity index (χ2v) is 5.82. The maximum atomic E-state index is 12.5. The molecule has 1 heterocycles. The minimum Gasteiger partial charge on any atom is -0.494 e. The summed E-state index contributed by atoms with van der Waals surface area (Å²) in [4.78, 5) is 12.5. The highest BCUT2D eigenvalue weighted by Gasteiger charge is 2.21. The van der Waals surface area contributed by atoms with Crippen LogP contribution in [0.3, 0.4) is 0 Å². The van der Waals surface area contributed by atoms with Gasteiger partial charge in [0, 0.05) is 5.56 Å². The molecule has 0 aliphatic heterocycles. The highest BCUT2D eigenvalue weighted by Crippen LogP contribution is 2.28. The Morgan fingerprint density at radius 1 is 1.11 bits per heavy atom. The van der Waals surface area contributed by atoms with Crippen LogP contribution in [0.15, 0.2) is 53.2 Å². The number of methoxy groups -OCH3 is 1. The summed E-state index contributed by atoms with van der Waals surface area (Å²) in [7, 11) is 1.54. The number of para-hydroxylation sites is 2. The van der Waals surface area contributed by atoms with Gasteiger partial charge in [0.2, 0.25) is 5.82 Å². The van der Waals surface area contributed by atoms with E-state index in [4.69, 9.17) is 18.8 Å². The van der Waals surface area contributed by atoms with Crippen molar-refractivity contribution in [1.82, 2.24) is 10.3 Å². The lowest BCUT2D eigenvalue weighted by Gasteiger charge is -2.16. The molecule has 2 aromatic carbocycles. The van der Waals surface area contributed by atoms with Crippen molar-refractivity contribution in [3.63, 3.8) is 0 Å². The van der Waals surface area contributed by atoms with Gasteiger partial charge in [-0.1, -0.05) is 12.1 Å². The van der Waals surface area contributed by atoms with Crippen LogP contribution in [0, 0.1) is 0 Å². The van der Waals surface area contributed by atoms with Gasteiger partial charge in [0.05, 0.1) is 13.7 Å². The largest absolute Gasteiger partial charge is 0.494 e. The standard InChI is InChI=1S/C20H21N3O5/c1-4-26-15-11-9-14(10-12-15)18-19(23-28-22-18)21-20(24)13(2)27-17-8-6-5-7-16(17)25-3/h5-13H,4H2,1-3H3,(H,21,23,24)/t13-/m1/s1. The summed E-state index contributed by atoms with van der Waals surface area (Å²) >= 11 is 0. The van der Waals surface area contributed by atoms with Gasteiger partial charge in [-0.25, -0.2) is 4.63 Å². The zero-order chi connectivity index (χ0) is 19.9. The molecule has 0 saturated carbocycles. The van der Waals surface area contributed by atoms with E-state index in [0.29, 0.717) is 23.8 Å². The molecule has 3 rings (SSSR count). The van der Waals surface area contributed by atoms with Gasteiger partial charge >= 0.3 is 0 Å². The molecule has 1 aromatic heterocycles. The third kappa shape index (κ3) is 4.40. The Labute approximate surface area is 162 Å². The van der Waals surface area contributed by atoms with Crippen LogP contribution in [-0.2, 0) is 4.79 Å². The Morgan fingerprint density at radius 2 is 1.82 bits per heavy atom. The van der Waals surface area contributed by atoms with E-state index >= 15 is 0 Å². The number of aromatic nitrogens is 2. The number of nitrogens with zero attached hydrogens (tertiary/aromatic N) is 2. The van der Waals surface area contributed by atoms with Gasteiger partial charge in [0.15, 0.2) is 23.3 Å². The molecule has 0 bridgehead atoms. The summed E-state index contributed by atoms with van der Waals surface area (Å²) in [6.07, 6.45) is -0.791. The molecule has 0 aliphatic carbocycles. The first-order valence-electron chi connectivity index (χ1n) is 8.78. The predicted octanol–water partition coefficient (Wildman–Crippen LogP) is 3.55. The minimum absolute atomic E-state index is 0.213. The fourth-order valence-electron chi connectivity index (χ4n) is 2.51. The zero-order valence-electron chi connectivity index (χ0n) is 15.8. The van der Waals surface area contributed by atoms with Crippen LogP contribution in [0.2, 0.25) is 0 Å². The highest BCUT2D eigenvalue weighted by atomic mass is 16.6. The molecule has 0 aliphatic rings. The molecule has 0 radical (unpaired) electrons. The van der Waals surface area contributed by atoms with E-state index in [-0.39, 0.29) is 5.82 Å². The molecule has 1 amide bonds. The monoisotopic (exact) mass is 383 g/mol. The van der Waals surface area contributed by atoms with Crippen molar-refractivity contribution in [3.05, 3.63) is 48.5 Å². The van der Waals surface area contributed by atoms with Crippen molar-refractivity contribution >= 4 is 11.7 Å². The van der Waals surface area contributed by atoms with Gasteiger partial charge < -0.3 is 19.5 Å². The van der Waals surface area contributed by atoms with Crippen LogP contribution < -0.4 is 19.5 Å². The first kappa shape index (κ1) is 19.2. The normalized spacial score (nSPS) is 11.5. The topological polar surface area (TPSA) is 95.7 Å². The average Bonchev–Trinajstić information content (AvgIpc) is 3.17. The maximum absolute atomic E-state index is 12.5. The fraction of sp³-hybridized carbons (Fsp3) is 0.250. The fourth-order valence-corrected chi connectivity index (χ4v) is 2.51. The van der Waals surface area contributed by atoms with Crippen LogP contribution in [0.25, 0.3) is 11.3 Å². The maximum Gasteiger partial charge on any atom is 0.266 e. The number of rotatable bonds is 8. The summed E-state index contributed by atoms with van der Waals surface area (Å²) in [5, 5.41) is 10.4. The molecule has 28 heavy (non-hydrogen) atoms. The summed E-state index contributed by atoms with van der Waals surface area (Å²) in [5.74, 6) is 1.57. The lowest BCUT2D eigenvalue weighted by Crippen LogP contribution is -2.30. The number of carbonyl (C=O) groups is 1. The van der Waals surface area contributed by atoms with Crippen molar-refractivity contribution in [2.75, 3.05) is 19.0 Å². The third-order valence-electron chi connectivity index (χ3n) is 3.91. The van der Waals surface area contributed by atoms with E-state index in [9.17, 15) is 4.79 Å². The Morgan fingerprint density at radius 3 is 2.50 bits per heavy atom. The predicted molar refractivity (Wildman–Crippen MR) is 103 cm³/mol. The number of hydrogen-bond acceptors (Lipinski definition) is 7. The summed E-state index contributed by atoms with van der Waals surface area (Å²) in [5.41, 5.74) is 1.15. The van der Waals surface area contributed by atoms with Gasteiger partial charge in [-0.3, -0.25) is 4.79 Å². The molecule has 0 unspecified atom stereocenters. The molecule has 0 fully saturated rings. The van der Waals surface area contributed by atoms with E-state index in [1.165, 1.54) is 7.11 Å². The SMILES string of the molecule is CCOc1ccc(-c2nonc2NC(=O)[C@@H](C)Oc2ccccc2OC)cc1. The van der Waals surface area contributed by atoms with E-state index in [1.807, 2.05) is 37.3 Å². The van der Waals surface area contributed by atoms with E-state index in [2.05, 4.69) is 15.6 Å². The Bertz CT molecular complexity index is 924.